The van der Waals surface area contributed by atoms with Crippen LogP contribution in [0, 0.1) is 0 Å². The molecular weight excluding hydrogens is 326 g/mol. The molecular formula is C16H23N5O2S. The van der Waals surface area contributed by atoms with Crippen molar-refractivity contribution in [3.8, 4) is 0 Å². The quantitative estimate of drug-likeness (QED) is 0.805. The molecule has 3 rings (SSSR count). The predicted molar refractivity (Wildman–Crippen MR) is 92.2 cm³/mol. The van der Waals surface area contributed by atoms with Gasteiger partial charge in [-0.1, -0.05) is 13.0 Å². The lowest BCUT2D eigenvalue weighted by atomic mass is 10.2. The highest BCUT2D eigenvalue weighted by molar-refractivity contribution is 7.99. The molecule has 24 heavy (non-hydrogen) atoms. The van der Waals surface area contributed by atoms with Crippen molar-refractivity contribution in [3.05, 3.63) is 23.3 Å². The molecule has 2 amide bonds. The van der Waals surface area contributed by atoms with Crippen molar-refractivity contribution in [2.45, 2.75) is 52.2 Å². The Morgan fingerprint density at radius 2 is 2.25 bits per heavy atom. The largest absolute Gasteiger partial charge is 0.347 e. The normalized spacial score (nSPS) is 20.3. The second-order valence-corrected chi connectivity index (χ2v) is 7.09. The van der Waals surface area contributed by atoms with Crippen LogP contribution in [-0.2, 0) is 29.1 Å². The monoisotopic (exact) mass is 349 g/mol. The summed E-state index contributed by atoms with van der Waals surface area (Å²) in [6.45, 7) is 5.08. The zero-order chi connectivity index (χ0) is 17.1. The molecule has 0 aliphatic carbocycles. The molecule has 2 aliphatic heterocycles. The van der Waals surface area contributed by atoms with Gasteiger partial charge >= 0.3 is 0 Å². The number of rotatable bonds is 5. The Hall–Kier alpha value is -1.83. The van der Waals surface area contributed by atoms with E-state index in [1.165, 1.54) is 0 Å². The Morgan fingerprint density at radius 1 is 1.42 bits per heavy atom. The Kier molecular flexibility index (Phi) is 5.23. The molecule has 1 aromatic rings. The third-order valence-electron chi connectivity index (χ3n) is 4.40. The van der Waals surface area contributed by atoms with Gasteiger partial charge in [0.1, 0.15) is 11.9 Å². The van der Waals surface area contributed by atoms with Crippen molar-refractivity contribution < 1.29 is 9.59 Å². The number of carbonyl (C=O) groups is 2. The minimum absolute atomic E-state index is 0.0506. The second-order valence-electron chi connectivity index (χ2n) is 6.09. The maximum absolute atomic E-state index is 12.5. The highest BCUT2D eigenvalue weighted by Crippen LogP contribution is 2.23. The van der Waals surface area contributed by atoms with Crippen molar-refractivity contribution in [3.63, 3.8) is 0 Å². The number of hydrogen-bond donors (Lipinski definition) is 1. The first-order chi connectivity index (χ1) is 11.6. The molecule has 0 bridgehead atoms. The van der Waals surface area contributed by atoms with Crippen molar-refractivity contribution in [1.82, 2.24) is 25.0 Å². The van der Waals surface area contributed by atoms with Crippen LogP contribution < -0.4 is 5.32 Å². The molecule has 0 unspecified atom stereocenters. The molecule has 0 spiro atoms. The summed E-state index contributed by atoms with van der Waals surface area (Å²) in [5.74, 6) is 2.81. The Balaban J connectivity index is 1.61. The number of nitrogens with zero attached hydrogens (tertiary/aromatic N) is 4. The lowest BCUT2D eigenvalue weighted by Crippen LogP contribution is -2.47. The maximum Gasteiger partial charge on any atom is 0.250 e. The number of allylic oxidation sites excluding steroid dienone is 1. The molecule has 3 heterocycles. The van der Waals surface area contributed by atoms with Crippen LogP contribution in [0.4, 0.5) is 0 Å². The van der Waals surface area contributed by atoms with Gasteiger partial charge in [0.25, 0.3) is 5.91 Å². The summed E-state index contributed by atoms with van der Waals surface area (Å²) >= 11 is 1.61. The number of aryl methyl sites for hydroxylation is 1. The number of amides is 2. The first-order valence-electron chi connectivity index (χ1n) is 8.36. The topological polar surface area (TPSA) is 80.1 Å². The van der Waals surface area contributed by atoms with E-state index in [0.717, 1.165) is 37.5 Å². The molecule has 1 N–H and O–H groups in total. The van der Waals surface area contributed by atoms with Gasteiger partial charge in [-0.3, -0.25) is 9.59 Å². The number of aromatic nitrogens is 3. The minimum atomic E-state index is -0.413. The van der Waals surface area contributed by atoms with Gasteiger partial charge in [-0.15, -0.1) is 22.0 Å². The van der Waals surface area contributed by atoms with Gasteiger partial charge in [0, 0.05) is 24.3 Å². The van der Waals surface area contributed by atoms with E-state index in [4.69, 9.17) is 0 Å². The third-order valence-corrected chi connectivity index (χ3v) is 5.41. The molecule has 7 nitrogen and oxygen atoms in total. The van der Waals surface area contributed by atoms with Crippen molar-refractivity contribution in [1.29, 1.82) is 0 Å². The fourth-order valence-electron chi connectivity index (χ4n) is 3.11. The van der Waals surface area contributed by atoms with E-state index in [1.807, 2.05) is 19.9 Å². The maximum atomic E-state index is 12.5. The fourth-order valence-corrected chi connectivity index (χ4v) is 4.26. The lowest BCUT2D eigenvalue weighted by Gasteiger charge is -2.23. The van der Waals surface area contributed by atoms with Crippen LogP contribution in [0.1, 0.15) is 38.3 Å². The summed E-state index contributed by atoms with van der Waals surface area (Å²) in [5, 5.41) is 11.2. The third kappa shape index (κ3) is 3.33. The number of nitrogens with one attached hydrogen (secondary N) is 1. The second kappa shape index (κ2) is 7.38. The zero-order valence-electron chi connectivity index (χ0n) is 14.1. The minimum Gasteiger partial charge on any atom is -0.347 e. The van der Waals surface area contributed by atoms with Crippen LogP contribution in [0.2, 0.25) is 0 Å². The predicted octanol–water partition coefficient (Wildman–Crippen LogP) is 1.10. The fraction of sp³-hybridized carbons (Fsp3) is 0.625. The van der Waals surface area contributed by atoms with E-state index < -0.39 is 6.04 Å². The van der Waals surface area contributed by atoms with E-state index >= 15 is 0 Å². The van der Waals surface area contributed by atoms with Gasteiger partial charge in [0.15, 0.2) is 5.82 Å². The van der Waals surface area contributed by atoms with Crippen molar-refractivity contribution in [2.75, 3.05) is 11.6 Å². The number of hydrogen-bond acceptors (Lipinski definition) is 5. The average Bonchev–Trinajstić information content (AvgIpc) is 3.28. The van der Waals surface area contributed by atoms with E-state index in [0.29, 0.717) is 23.7 Å². The lowest BCUT2D eigenvalue weighted by molar-refractivity contribution is -0.135. The summed E-state index contributed by atoms with van der Waals surface area (Å²) in [5.41, 5.74) is 0.702. The smallest absolute Gasteiger partial charge is 0.250 e. The van der Waals surface area contributed by atoms with E-state index in [2.05, 4.69) is 20.1 Å². The van der Waals surface area contributed by atoms with E-state index in [-0.39, 0.29) is 11.8 Å². The van der Waals surface area contributed by atoms with Crippen LogP contribution in [0.15, 0.2) is 11.6 Å². The standard InChI is InChI=1S/C16H23N5O2S/c1-3-5-11(2)16(23)21-10-24-9-12(21)15(22)17-8-14-19-18-13-6-4-7-20(13)14/h5,12H,3-4,6-10H2,1-2H3,(H,17,22)/b11-5+/t12-/m0/s1. The molecule has 1 atom stereocenters. The summed E-state index contributed by atoms with van der Waals surface area (Å²) in [4.78, 5) is 26.7. The molecule has 0 radical (unpaired) electrons. The van der Waals surface area contributed by atoms with Crippen molar-refractivity contribution >= 4 is 23.6 Å². The molecule has 1 aromatic heterocycles. The zero-order valence-corrected chi connectivity index (χ0v) is 14.9. The van der Waals surface area contributed by atoms with Gasteiger partial charge in [-0.05, 0) is 19.8 Å². The molecule has 2 aliphatic rings. The Labute approximate surface area is 145 Å². The van der Waals surface area contributed by atoms with Crippen LogP contribution in [-0.4, -0.2) is 49.2 Å². The van der Waals surface area contributed by atoms with Crippen molar-refractivity contribution in [2.24, 2.45) is 0 Å². The highest BCUT2D eigenvalue weighted by Gasteiger charge is 2.35. The number of thioether (sulfide) groups is 1. The van der Waals surface area contributed by atoms with Gasteiger partial charge in [-0.2, -0.15) is 0 Å². The van der Waals surface area contributed by atoms with Gasteiger partial charge < -0.3 is 14.8 Å². The van der Waals surface area contributed by atoms with Crippen LogP contribution in [0.5, 0.6) is 0 Å². The summed E-state index contributed by atoms with van der Waals surface area (Å²) in [6.07, 6.45) is 4.75. The van der Waals surface area contributed by atoms with Gasteiger partial charge in [0.2, 0.25) is 5.91 Å². The molecule has 1 fully saturated rings. The number of carbonyl (C=O) groups excluding carboxylic acids is 2. The average molecular weight is 349 g/mol. The molecule has 0 aromatic carbocycles. The van der Waals surface area contributed by atoms with Crippen LogP contribution >= 0.6 is 11.8 Å². The van der Waals surface area contributed by atoms with Crippen LogP contribution in [0.25, 0.3) is 0 Å². The highest BCUT2D eigenvalue weighted by atomic mass is 32.2. The van der Waals surface area contributed by atoms with Gasteiger partial charge in [-0.25, -0.2) is 0 Å². The van der Waals surface area contributed by atoms with Crippen LogP contribution in [0.3, 0.4) is 0 Å². The molecule has 8 heteroatoms. The van der Waals surface area contributed by atoms with Gasteiger partial charge in [0.05, 0.1) is 12.4 Å². The first kappa shape index (κ1) is 17.0. The summed E-state index contributed by atoms with van der Waals surface area (Å²) in [7, 11) is 0. The first-order valence-corrected chi connectivity index (χ1v) is 9.51. The summed E-state index contributed by atoms with van der Waals surface area (Å²) < 4.78 is 2.07. The summed E-state index contributed by atoms with van der Waals surface area (Å²) in [6, 6.07) is -0.413. The Morgan fingerprint density at radius 3 is 3.04 bits per heavy atom. The Bertz CT molecular complexity index is 669. The molecule has 130 valence electrons. The molecule has 0 saturated carbocycles. The van der Waals surface area contributed by atoms with E-state index in [9.17, 15) is 9.59 Å². The SMILES string of the molecule is CC/C=C(\C)C(=O)N1CSC[C@H]1C(=O)NCc1nnc2n1CCC2. The van der Waals surface area contributed by atoms with E-state index in [1.54, 1.807) is 16.7 Å². The number of fused-ring (bicyclic) bond motifs is 1. The molecule has 1 saturated heterocycles.